The second-order valence-corrected chi connectivity index (χ2v) is 8.81. The smallest absolute Gasteiger partial charge is 0.335 e. The zero-order valence-corrected chi connectivity index (χ0v) is 18.9. The maximum atomic E-state index is 12.8. The van der Waals surface area contributed by atoms with Crippen molar-refractivity contribution in [1.29, 1.82) is 0 Å². The van der Waals surface area contributed by atoms with Gasteiger partial charge in [0, 0.05) is 11.6 Å². The molecule has 9 heteroatoms. The molecular weight excluding hydrogens is 473 g/mol. The van der Waals surface area contributed by atoms with Crippen molar-refractivity contribution in [2.45, 2.75) is 13.5 Å². The standard InChI is InChI=1S/C23H15Cl2NO5S/c1-12-15(3-2-4-16(12)22(28)29)19-8-6-14(31-19)10-20-21(27)26(23(30)32-20)11-13-5-7-17(24)18(25)9-13/h2-10H,11H2,1H3,(H,28,29)/b20-10-. The van der Waals surface area contributed by atoms with E-state index < -0.39 is 17.1 Å². The van der Waals surface area contributed by atoms with Gasteiger partial charge in [0.25, 0.3) is 11.1 Å². The van der Waals surface area contributed by atoms with Crippen LogP contribution in [0.25, 0.3) is 17.4 Å². The van der Waals surface area contributed by atoms with Crippen molar-refractivity contribution in [3.05, 3.63) is 85.9 Å². The third-order valence-electron chi connectivity index (χ3n) is 4.93. The maximum Gasteiger partial charge on any atom is 0.335 e. The van der Waals surface area contributed by atoms with Gasteiger partial charge < -0.3 is 9.52 Å². The number of carboxylic acids is 1. The predicted octanol–water partition coefficient (Wildman–Crippen LogP) is 6.50. The van der Waals surface area contributed by atoms with Crippen molar-refractivity contribution in [3.63, 3.8) is 0 Å². The molecule has 1 N–H and O–H groups in total. The van der Waals surface area contributed by atoms with Gasteiger partial charge in [-0.2, -0.15) is 0 Å². The summed E-state index contributed by atoms with van der Waals surface area (Å²) in [6.07, 6.45) is 1.50. The Labute approximate surface area is 197 Å². The Morgan fingerprint density at radius 2 is 1.91 bits per heavy atom. The van der Waals surface area contributed by atoms with Crippen LogP contribution in [-0.4, -0.2) is 27.1 Å². The fourth-order valence-corrected chi connectivity index (χ4v) is 4.43. The summed E-state index contributed by atoms with van der Waals surface area (Å²) in [5.74, 6) is -0.619. The molecule has 1 fully saturated rings. The number of carboxylic acid groups (broad SMARTS) is 1. The van der Waals surface area contributed by atoms with Crippen LogP contribution in [0.3, 0.4) is 0 Å². The van der Waals surface area contributed by atoms with Crippen molar-refractivity contribution in [3.8, 4) is 11.3 Å². The molecule has 2 amide bonds. The first-order valence-corrected chi connectivity index (χ1v) is 10.9. The molecule has 6 nitrogen and oxygen atoms in total. The van der Waals surface area contributed by atoms with Crippen LogP contribution in [0.5, 0.6) is 0 Å². The zero-order valence-electron chi connectivity index (χ0n) is 16.6. The van der Waals surface area contributed by atoms with Crippen LogP contribution in [-0.2, 0) is 11.3 Å². The van der Waals surface area contributed by atoms with E-state index in [-0.39, 0.29) is 17.0 Å². The van der Waals surface area contributed by atoms with E-state index >= 15 is 0 Å². The van der Waals surface area contributed by atoms with Gasteiger partial charge in [-0.1, -0.05) is 41.4 Å². The number of amides is 2. The molecule has 1 saturated heterocycles. The third-order valence-corrected chi connectivity index (χ3v) is 6.57. The monoisotopic (exact) mass is 487 g/mol. The van der Waals surface area contributed by atoms with Crippen LogP contribution in [0.4, 0.5) is 4.79 Å². The Kier molecular flexibility index (Phi) is 6.15. The van der Waals surface area contributed by atoms with Crippen LogP contribution in [0.15, 0.2) is 57.9 Å². The molecule has 0 spiro atoms. The van der Waals surface area contributed by atoms with Crippen molar-refractivity contribution in [1.82, 2.24) is 4.90 Å². The average Bonchev–Trinajstić information content (AvgIpc) is 3.31. The number of halogens is 2. The number of imide groups is 1. The van der Waals surface area contributed by atoms with Gasteiger partial charge >= 0.3 is 5.97 Å². The van der Waals surface area contributed by atoms with Gasteiger partial charge in [0.1, 0.15) is 11.5 Å². The van der Waals surface area contributed by atoms with E-state index in [0.29, 0.717) is 38.3 Å². The first-order chi connectivity index (χ1) is 15.2. The molecule has 32 heavy (non-hydrogen) atoms. The number of carbonyl (C=O) groups excluding carboxylic acids is 2. The van der Waals surface area contributed by atoms with Gasteiger partial charge in [-0.3, -0.25) is 14.5 Å². The topological polar surface area (TPSA) is 87.8 Å². The van der Waals surface area contributed by atoms with Crippen LogP contribution in [0.1, 0.15) is 27.2 Å². The van der Waals surface area contributed by atoms with Crippen molar-refractivity contribution in [2.24, 2.45) is 0 Å². The van der Waals surface area contributed by atoms with Gasteiger partial charge in [-0.05, 0) is 60.1 Å². The summed E-state index contributed by atoms with van der Waals surface area (Å²) in [6.45, 7) is 1.78. The van der Waals surface area contributed by atoms with E-state index in [9.17, 15) is 19.5 Å². The molecule has 0 bridgehead atoms. The molecule has 1 aliphatic heterocycles. The largest absolute Gasteiger partial charge is 0.478 e. The highest BCUT2D eigenvalue weighted by molar-refractivity contribution is 8.18. The lowest BCUT2D eigenvalue weighted by Gasteiger charge is -2.12. The average molecular weight is 488 g/mol. The number of aromatic carboxylic acids is 1. The third kappa shape index (κ3) is 4.32. The summed E-state index contributed by atoms with van der Waals surface area (Å²) in [7, 11) is 0. The normalized spacial score (nSPS) is 15.1. The molecule has 1 aromatic heterocycles. The molecular formula is C23H15Cl2NO5S. The second-order valence-electron chi connectivity index (χ2n) is 7.00. The summed E-state index contributed by atoms with van der Waals surface area (Å²) in [5.41, 5.74) is 2.07. The number of carbonyl (C=O) groups is 3. The Bertz CT molecular complexity index is 1300. The lowest BCUT2D eigenvalue weighted by Crippen LogP contribution is -2.27. The zero-order chi connectivity index (χ0) is 23.0. The molecule has 0 unspecified atom stereocenters. The lowest BCUT2D eigenvalue weighted by molar-refractivity contribution is -0.123. The van der Waals surface area contributed by atoms with Gasteiger partial charge in [-0.15, -0.1) is 0 Å². The highest BCUT2D eigenvalue weighted by atomic mass is 35.5. The Morgan fingerprint density at radius 3 is 2.62 bits per heavy atom. The Balaban J connectivity index is 1.57. The van der Waals surface area contributed by atoms with Gasteiger partial charge in [0.2, 0.25) is 0 Å². The predicted molar refractivity (Wildman–Crippen MR) is 124 cm³/mol. The summed E-state index contributed by atoms with van der Waals surface area (Å²) in [5, 5.41) is 9.65. The van der Waals surface area contributed by atoms with E-state index in [2.05, 4.69) is 0 Å². The maximum absolute atomic E-state index is 12.8. The summed E-state index contributed by atoms with van der Waals surface area (Å²) in [6, 6.07) is 13.2. The fraction of sp³-hybridized carbons (Fsp3) is 0.0870. The van der Waals surface area contributed by atoms with Crippen LogP contribution >= 0.6 is 35.0 Å². The molecule has 0 radical (unpaired) electrons. The van der Waals surface area contributed by atoms with Gasteiger partial charge in [0.15, 0.2) is 0 Å². The number of thioether (sulfide) groups is 1. The van der Waals surface area contributed by atoms with E-state index in [1.165, 1.54) is 12.1 Å². The minimum Gasteiger partial charge on any atom is -0.478 e. The lowest BCUT2D eigenvalue weighted by atomic mass is 10.0. The van der Waals surface area contributed by atoms with Crippen molar-refractivity contribution < 1.29 is 23.9 Å². The summed E-state index contributed by atoms with van der Waals surface area (Å²) < 4.78 is 5.82. The number of hydrogen-bond acceptors (Lipinski definition) is 5. The van der Waals surface area contributed by atoms with Crippen LogP contribution in [0.2, 0.25) is 10.0 Å². The number of benzene rings is 2. The summed E-state index contributed by atoms with van der Waals surface area (Å²) in [4.78, 5) is 37.9. The molecule has 2 aromatic carbocycles. The number of furan rings is 1. The minimum absolute atomic E-state index is 0.0729. The molecule has 0 aliphatic carbocycles. The first-order valence-electron chi connectivity index (χ1n) is 9.37. The summed E-state index contributed by atoms with van der Waals surface area (Å²) >= 11 is 12.8. The second kappa shape index (κ2) is 8.86. The molecule has 0 saturated carbocycles. The number of hydrogen-bond donors (Lipinski definition) is 1. The van der Waals surface area contributed by atoms with Crippen LogP contribution < -0.4 is 0 Å². The van der Waals surface area contributed by atoms with Crippen molar-refractivity contribution >= 4 is 58.2 Å². The highest BCUT2D eigenvalue weighted by Gasteiger charge is 2.35. The van der Waals surface area contributed by atoms with Crippen LogP contribution in [0, 0.1) is 6.92 Å². The Morgan fingerprint density at radius 1 is 1.12 bits per heavy atom. The van der Waals surface area contributed by atoms with E-state index in [1.807, 2.05) is 0 Å². The van der Waals surface area contributed by atoms with Crippen molar-refractivity contribution in [2.75, 3.05) is 0 Å². The SMILES string of the molecule is Cc1c(C(=O)O)cccc1-c1ccc(/C=C2\SC(=O)N(Cc3ccc(Cl)c(Cl)c3)C2=O)o1. The number of rotatable bonds is 5. The molecule has 3 aromatic rings. The first kappa shape index (κ1) is 22.2. The van der Waals surface area contributed by atoms with Gasteiger partial charge in [-0.25, -0.2) is 4.79 Å². The minimum atomic E-state index is -1.02. The highest BCUT2D eigenvalue weighted by Crippen LogP contribution is 2.35. The van der Waals surface area contributed by atoms with E-state index in [1.54, 1.807) is 49.4 Å². The molecule has 162 valence electrons. The molecule has 0 atom stereocenters. The fourth-order valence-electron chi connectivity index (χ4n) is 3.30. The molecule has 2 heterocycles. The molecule has 4 rings (SSSR count). The Hall–Kier alpha value is -3.00. The quantitative estimate of drug-likeness (QED) is 0.413. The van der Waals surface area contributed by atoms with E-state index in [0.717, 1.165) is 16.7 Å². The number of nitrogens with zero attached hydrogens (tertiary/aromatic N) is 1. The van der Waals surface area contributed by atoms with E-state index in [4.69, 9.17) is 27.6 Å². The molecule has 1 aliphatic rings. The van der Waals surface area contributed by atoms with Gasteiger partial charge in [0.05, 0.1) is 27.1 Å².